The van der Waals surface area contributed by atoms with E-state index in [0.29, 0.717) is 0 Å². The van der Waals surface area contributed by atoms with Crippen molar-refractivity contribution in [2.45, 2.75) is 13.3 Å². The number of ether oxygens (including phenoxy) is 1. The highest BCUT2D eigenvalue weighted by Gasteiger charge is 2.12. The first-order valence-corrected chi connectivity index (χ1v) is 6.95. The molecule has 98 valence electrons. The Hall–Kier alpha value is -2.01. The van der Waals surface area contributed by atoms with Gasteiger partial charge in [-0.25, -0.2) is 4.98 Å². The number of rotatable bonds is 3. The summed E-state index contributed by atoms with van der Waals surface area (Å²) in [4.78, 5) is 9.15. The highest BCUT2D eigenvalue weighted by molar-refractivity contribution is 7.16. The molecule has 0 radical (unpaired) electrons. The second-order valence-electron chi connectivity index (χ2n) is 4.31. The van der Waals surface area contributed by atoms with Gasteiger partial charge in [0.2, 0.25) is 0 Å². The van der Waals surface area contributed by atoms with Crippen LogP contribution in [0, 0.1) is 0 Å². The molecular weight excluding hydrogens is 258 g/mol. The Balaban J connectivity index is 2.11. The molecule has 4 nitrogen and oxygen atoms in total. The number of methoxy groups -OCH3 is 1. The molecule has 0 aliphatic carbocycles. The van der Waals surface area contributed by atoms with Gasteiger partial charge < -0.3 is 15.5 Å². The summed E-state index contributed by atoms with van der Waals surface area (Å²) in [7, 11) is 1.66. The molecule has 0 fully saturated rings. The lowest BCUT2D eigenvalue weighted by molar-refractivity contribution is 0.415. The minimum absolute atomic E-state index is 0.808. The molecule has 1 aromatic carbocycles. The van der Waals surface area contributed by atoms with Gasteiger partial charge in [-0.1, -0.05) is 6.92 Å². The lowest BCUT2D eigenvalue weighted by Crippen LogP contribution is -1.84. The number of nitrogens with one attached hydrogen (secondary N) is 1. The summed E-state index contributed by atoms with van der Waals surface area (Å²) >= 11 is 1.62. The number of nitrogens with zero attached hydrogens (tertiary/aromatic N) is 1. The molecule has 2 heterocycles. The molecule has 0 bridgehead atoms. The summed E-state index contributed by atoms with van der Waals surface area (Å²) in [6.07, 6.45) is 0.989. The topological polar surface area (TPSA) is 63.9 Å². The number of nitrogens with two attached hydrogens (primary N) is 1. The van der Waals surface area contributed by atoms with E-state index >= 15 is 0 Å². The largest absolute Gasteiger partial charge is 0.497 e. The first-order chi connectivity index (χ1) is 9.21. The number of fused-ring (bicyclic) bond motifs is 1. The summed E-state index contributed by atoms with van der Waals surface area (Å²) in [5.41, 5.74) is 8.92. The zero-order chi connectivity index (χ0) is 13.4. The number of hydrogen-bond acceptors (Lipinski definition) is 4. The zero-order valence-electron chi connectivity index (χ0n) is 10.9. The summed E-state index contributed by atoms with van der Waals surface area (Å²) in [6.45, 7) is 2.12. The number of anilines is 1. The lowest BCUT2D eigenvalue weighted by Gasteiger charge is -1.96. The third-order valence-corrected chi connectivity index (χ3v) is 4.21. The first kappa shape index (κ1) is 12.0. The number of hydrogen-bond donors (Lipinski definition) is 2. The fraction of sp³-hybridized carbons (Fsp3) is 0.214. The number of aryl methyl sites for hydroxylation is 1. The monoisotopic (exact) mass is 273 g/mol. The second-order valence-corrected chi connectivity index (χ2v) is 5.48. The molecule has 0 unspecified atom stereocenters. The zero-order valence-corrected chi connectivity index (χ0v) is 11.7. The van der Waals surface area contributed by atoms with Gasteiger partial charge in [-0.05, 0) is 24.6 Å². The van der Waals surface area contributed by atoms with E-state index in [2.05, 4.69) is 23.0 Å². The Morgan fingerprint density at radius 1 is 1.37 bits per heavy atom. The summed E-state index contributed by atoms with van der Waals surface area (Å²) in [5.74, 6) is 1.63. The fourth-order valence-electron chi connectivity index (χ4n) is 2.06. The van der Waals surface area contributed by atoms with Gasteiger partial charge in [0.05, 0.1) is 28.7 Å². The second kappa shape index (κ2) is 4.59. The van der Waals surface area contributed by atoms with E-state index in [1.54, 1.807) is 18.4 Å². The molecular formula is C14H15N3OS. The van der Waals surface area contributed by atoms with E-state index in [4.69, 9.17) is 10.5 Å². The fourth-order valence-corrected chi connectivity index (χ4v) is 2.93. The van der Waals surface area contributed by atoms with Crippen molar-refractivity contribution in [1.29, 1.82) is 0 Å². The van der Waals surface area contributed by atoms with Gasteiger partial charge in [0, 0.05) is 10.9 Å². The van der Waals surface area contributed by atoms with Crippen LogP contribution < -0.4 is 10.5 Å². The smallest absolute Gasteiger partial charge is 0.141 e. The van der Waals surface area contributed by atoms with E-state index in [1.165, 1.54) is 4.88 Å². The molecule has 0 atom stereocenters. The first-order valence-electron chi connectivity index (χ1n) is 6.13. The van der Waals surface area contributed by atoms with Crippen LogP contribution in [-0.2, 0) is 6.42 Å². The van der Waals surface area contributed by atoms with E-state index in [-0.39, 0.29) is 0 Å². The highest BCUT2D eigenvalue weighted by atomic mass is 32.1. The predicted molar refractivity (Wildman–Crippen MR) is 79.7 cm³/mol. The van der Waals surface area contributed by atoms with Crippen LogP contribution in [0.4, 0.5) is 5.00 Å². The molecule has 3 N–H and O–H groups in total. The van der Waals surface area contributed by atoms with Crippen LogP contribution in [0.3, 0.4) is 0 Å². The third kappa shape index (κ3) is 2.06. The van der Waals surface area contributed by atoms with Crippen molar-refractivity contribution >= 4 is 27.4 Å². The number of aromatic amines is 1. The average Bonchev–Trinajstić information content (AvgIpc) is 3.00. The predicted octanol–water partition coefficient (Wildman–Crippen LogP) is 3.44. The number of nitrogen functional groups attached to an aromatic ring is 1. The molecule has 0 aliphatic heterocycles. The average molecular weight is 273 g/mol. The Kier molecular flexibility index (Phi) is 2.91. The minimum Gasteiger partial charge on any atom is -0.497 e. The summed E-state index contributed by atoms with van der Waals surface area (Å²) in [6, 6.07) is 7.89. The number of benzene rings is 1. The lowest BCUT2D eigenvalue weighted by atomic mass is 10.2. The number of H-pyrrole nitrogens is 1. The molecule has 3 aromatic rings. The Morgan fingerprint density at radius 2 is 2.21 bits per heavy atom. The van der Waals surface area contributed by atoms with Crippen molar-refractivity contribution in [1.82, 2.24) is 9.97 Å². The molecule has 0 saturated carbocycles. The molecule has 2 aromatic heterocycles. The van der Waals surface area contributed by atoms with Gasteiger partial charge in [0.25, 0.3) is 0 Å². The van der Waals surface area contributed by atoms with Gasteiger partial charge in [-0.3, -0.25) is 0 Å². The van der Waals surface area contributed by atoms with Gasteiger partial charge in [-0.2, -0.15) is 0 Å². The van der Waals surface area contributed by atoms with Gasteiger partial charge >= 0.3 is 0 Å². The van der Waals surface area contributed by atoms with Crippen LogP contribution in [0.5, 0.6) is 5.75 Å². The molecule has 0 spiro atoms. The van der Waals surface area contributed by atoms with Crippen LogP contribution in [0.2, 0.25) is 0 Å². The van der Waals surface area contributed by atoms with E-state index in [1.807, 2.05) is 18.2 Å². The Morgan fingerprint density at radius 3 is 2.89 bits per heavy atom. The highest BCUT2D eigenvalue weighted by Crippen LogP contribution is 2.34. The molecule has 5 heteroatoms. The minimum atomic E-state index is 0.808. The normalized spacial score (nSPS) is 11.1. The number of aromatic nitrogens is 2. The quantitative estimate of drug-likeness (QED) is 0.768. The van der Waals surface area contributed by atoms with Crippen LogP contribution in [-0.4, -0.2) is 17.1 Å². The maximum atomic E-state index is 6.06. The number of thiophene rings is 1. The van der Waals surface area contributed by atoms with Crippen molar-refractivity contribution in [2.75, 3.05) is 12.8 Å². The van der Waals surface area contributed by atoms with Gasteiger partial charge in [0.1, 0.15) is 11.6 Å². The van der Waals surface area contributed by atoms with E-state index < -0.39 is 0 Å². The van der Waals surface area contributed by atoms with E-state index in [9.17, 15) is 0 Å². The van der Waals surface area contributed by atoms with Gasteiger partial charge in [0.15, 0.2) is 0 Å². The van der Waals surface area contributed by atoms with Crippen molar-refractivity contribution in [2.24, 2.45) is 0 Å². The molecule has 0 aliphatic rings. The molecule has 0 amide bonds. The van der Waals surface area contributed by atoms with Crippen LogP contribution >= 0.6 is 11.3 Å². The van der Waals surface area contributed by atoms with Crippen LogP contribution in [0.15, 0.2) is 24.3 Å². The number of imidazole rings is 1. The summed E-state index contributed by atoms with van der Waals surface area (Å²) < 4.78 is 5.21. The van der Waals surface area contributed by atoms with Crippen molar-refractivity contribution < 1.29 is 4.74 Å². The Labute approximate surface area is 115 Å². The van der Waals surface area contributed by atoms with Crippen molar-refractivity contribution in [3.05, 3.63) is 29.1 Å². The molecule has 0 saturated heterocycles. The molecule has 19 heavy (non-hydrogen) atoms. The van der Waals surface area contributed by atoms with Crippen LogP contribution in [0.1, 0.15) is 11.8 Å². The standard InChI is InChI=1S/C14H15N3OS/c1-3-9-7-10(13(15)19-9)14-16-11-5-4-8(18-2)6-12(11)17-14/h4-7H,3,15H2,1-2H3,(H,16,17). The summed E-state index contributed by atoms with van der Waals surface area (Å²) in [5, 5.41) is 0.808. The van der Waals surface area contributed by atoms with Crippen LogP contribution in [0.25, 0.3) is 22.4 Å². The maximum Gasteiger partial charge on any atom is 0.141 e. The SMILES string of the molecule is CCc1cc(-c2nc3ccc(OC)cc3[nH]2)c(N)s1. The van der Waals surface area contributed by atoms with Gasteiger partial charge in [-0.15, -0.1) is 11.3 Å². The Bertz CT molecular complexity index is 729. The van der Waals surface area contributed by atoms with Crippen molar-refractivity contribution in [3.8, 4) is 17.1 Å². The van der Waals surface area contributed by atoms with E-state index in [0.717, 1.165) is 39.6 Å². The third-order valence-electron chi connectivity index (χ3n) is 3.10. The maximum absolute atomic E-state index is 6.06. The molecule has 3 rings (SSSR count). The van der Waals surface area contributed by atoms with Crippen molar-refractivity contribution in [3.63, 3.8) is 0 Å².